The highest BCUT2D eigenvalue weighted by Crippen LogP contribution is 2.20. The van der Waals surface area contributed by atoms with Crippen molar-refractivity contribution < 1.29 is 14.3 Å². The molecule has 0 radical (unpaired) electrons. The molecule has 0 saturated carbocycles. The van der Waals surface area contributed by atoms with Crippen LogP contribution in [0.3, 0.4) is 0 Å². The fourth-order valence-corrected chi connectivity index (χ4v) is 2.48. The summed E-state index contributed by atoms with van der Waals surface area (Å²) in [6.07, 6.45) is 1.65. The van der Waals surface area contributed by atoms with Crippen molar-refractivity contribution in [2.75, 3.05) is 19.5 Å². The summed E-state index contributed by atoms with van der Waals surface area (Å²) in [6.45, 7) is 0.540. The van der Waals surface area contributed by atoms with E-state index in [1.54, 1.807) is 49.4 Å². The molecule has 1 N–H and O–H groups in total. The number of aromatic nitrogens is 2. The molecule has 1 amide bonds. The zero-order chi connectivity index (χ0) is 17.6. The lowest BCUT2D eigenvalue weighted by atomic mass is 10.2. The monoisotopic (exact) mass is 337 g/mol. The number of amides is 1. The minimum atomic E-state index is -0.242. The summed E-state index contributed by atoms with van der Waals surface area (Å²) >= 11 is 0. The molecule has 3 aromatic rings. The lowest BCUT2D eigenvalue weighted by Gasteiger charge is -2.11. The highest BCUT2D eigenvalue weighted by Gasteiger charge is 2.14. The Bertz CT molecular complexity index is 856. The molecule has 25 heavy (non-hydrogen) atoms. The minimum Gasteiger partial charge on any atom is -0.497 e. The Morgan fingerprint density at radius 3 is 2.52 bits per heavy atom. The molecule has 0 fully saturated rings. The number of anilines is 1. The molecule has 0 saturated heterocycles. The maximum Gasteiger partial charge on any atom is 0.260 e. The molecule has 1 heterocycles. The molecule has 2 aromatic carbocycles. The topological polar surface area (TPSA) is 65.4 Å². The first kappa shape index (κ1) is 16.6. The first-order chi connectivity index (χ1) is 12.2. The van der Waals surface area contributed by atoms with Crippen LogP contribution in [0.15, 0.2) is 60.8 Å². The lowest BCUT2D eigenvalue weighted by Crippen LogP contribution is -2.17. The van der Waals surface area contributed by atoms with Gasteiger partial charge in [0, 0.05) is 6.07 Å². The van der Waals surface area contributed by atoms with Crippen molar-refractivity contribution in [2.45, 2.75) is 6.54 Å². The predicted octanol–water partition coefficient (Wildman–Crippen LogP) is 3.20. The second kappa shape index (κ2) is 7.53. The summed E-state index contributed by atoms with van der Waals surface area (Å²) < 4.78 is 12.1. The number of carbonyl (C=O) groups excluding carboxylic acids is 1. The van der Waals surface area contributed by atoms with E-state index < -0.39 is 0 Å². The first-order valence-corrected chi connectivity index (χ1v) is 7.80. The summed E-state index contributed by atoms with van der Waals surface area (Å²) in [5.41, 5.74) is 1.53. The van der Waals surface area contributed by atoms with Gasteiger partial charge >= 0.3 is 0 Å². The third-order valence-electron chi connectivity index (χ3n) is 3.80. The van der Waals surface area contributed by atoms with Gasteiger partial charge in [0.2, 0.25) is 0 Å². The van der Waals surface area contributed by atoms with Gasteiger partial charge in [-0.2, -0.15) is 5.10 Å². The van der Waals surface area contributed by atoms with Gasteiger partial charge in [-0.3, -0.25) is 4.79 Å². The number of nitrogens with zero attached hydrogens (tertiary/aromatic N) is 2. The number of hydrogen-bond acceptors (Lipinski definition) is 4. The van der Waals surface area contributed by atoms with Gasteiger partial charge in [-0.05, 0) is 29.8 Å². The van der Waals surface area contributed by atoms with Gasteiger partial charge in [0.05, 0.1) is 32.5 Å². The Kier molecular flexibility index (Phi) is 4.99. The summed E-state index contributed by atoms with van der Waals surface area (Å²) in [5, 5.41) is 7.16. The largest absolute Gasteiger partial charge is 0.497 e. The van der Waals surface area contributed by atoms with Crippen molar-refractivity contribution in [2.24, 2.45) is 0 Å². The third-order valence-corrected chi connectivity index (χ3v) is 3.80. The molecule has 128 valence electrons. The van der Waals surface area contributed by atoms with Crippen LogP contribution in [0.4, 0.5) is 5.82 Å². The summed E-state index contributed by atoms with van der Waals surface area (Å²) in [4.78, 5) is 12.5. The van der Waals surface area contributed by atoms with Gasteiger partial charge in [0.15, 0.2) is 0 Å². The van der Waals surface area contributed by atoms with E-state index in [1.807, 2.05) is 30.3 Å². The third kappa shape index (κ3) is 3.80. The van der Waals surface area contributed by atoms with E-state index in [-0.39, 0.29) is 5.91 Å². The van der Waals surface area contributed by atoms with Gasteiger partial charge in [-0.1, -0.05) is 24.3 Å². The number of benzene rings is 2. The standard InChI is InChI=1S/C19H19N3O3/c1-24-15-9-7-14(8-10-15)13-22-18(11-12-20-22)21-19(23)16-5-3-4-6-17(16)25-2/h3-12H,13H2,1-2H3,(H,21,23). The molecule has 0 unspecified atom stereocenters. The molecule has 0 aliphatic carbocycles. The second-order valence-corrected chi connectivity index (χ2v) is 5.38. The van der Waals surface area contributed by atoms with Crippen molar-refractivity contribution >= 4 is 11.7 Å². The first-order valence-electron chi connectivity index (χ1n) is 7.80. The van der Waals surface area contributed by atoms with Crippen LogP contribution in [0.25, 0.3) is 0 Å². The van der Waals surface area contributed by atoms with E-state index in [2.05, 4.69) is 10.4 Å². The van der Waals surface area contributed by atoms with E-state index >= 15 is 0 Å². The smallest absolute Gasteiger partial charge is 0.260 e. The maximum absolute atomic E-state index is 12.5. The molecule has 6 heteroatoms. The van der Waals surface area contributed by atoms with E-state index in [4.69, 9.17) is 9.47 Å². The van der Waals surface area contributed by atoms with Crippen LogP contribution < -0.4 is 14.8 Å². The van der Waals surface area contributed by atoms with Crippen molar-refractivity contribution in [1.29, 1.82) is 0 Å². The van der Waals surface area contributed by atoms with E-state index in [0.717, 1.165) is 11.3 Å². The quantitative estimate of drug-likeness (QED) is 0.750. The molecule has 0 aliphatic heterocycles. The fraction of sp³-hybridized carbons (Fsp3) is 0.158. The van der Waals surface area contributed by atoms with Gasteiger partial charge < -0.3 is 14.8 Å². The van der Waals surface area contributed by atoms with Gasteiger partial charge in [-0.25, -0.2) is 4.68 Å². The lowest BCUT2D eigenvalue weighted by molar-refractivity contribution is 0.102. The van der Waals surface area contributed by atoms with Crippen molar-refractivity contribution in [3.63, 3.8) is 0 Å². The molecular formula is C19H19N3O3. The fourth-order valence-electron chi connectivity index (χ4n) is 2.48. The Hall–Kier alpha value is -3.28. The SMILES string of the molecule is COc1ccc(Cn2nccc2NC(=O)c2ccccc2OC)cc1. The van der Waals surface area contributed by atoms with Crippen LogP contribution in [0.2, 0.25) is 0 Å². The Balaban J connectivity index is 1.76. The number of para-hydroxylation sites is 1. The number of nitrogens with one attached hydrogen (secondary N) is 1. The van der Waals surface area contributed by atoms with Crippen LogP contribution in [0.1, 0.15) is 15.9 Å². The van der Waals surface area contributed by atoms with Gasteiger partial charge in [-0.15, -0.1) is 0 Å². The van der Waals surface area contributed by atoms with Crippen LogP contribution in [-0.4, -0.2) is 29.9 Å². The van der Waals surface area contributed by atoms with E-state index in [9.17, 15) is 4.79 Å². The van der Waals surface area contributed by atoms with Crippen LogP contribution >= 0.6 is 0 Å². The van der Waals surface area contributed by atoms with Gasteiger partial charge in [0.1, 0.15) is 17.3 Å². The molecule has 0 atom stereocenters. The molecule has 0 aliphatic rings. The van der Waals surface area contributed by atoms with E-state index in [1.165, 1.54) is 0 Å². The zero-order valence-corrected chi connectivity index (χ0v) is 14.1. The van der Waals surface area contributed by atoms with Gasteiger partial charge in [0.25, 0.3) is 5.91 Å². The normalized spacial score (nSPS) is 10.3. The number of hydrogen-bond donors (Lipinski definition) is 1. The van der Waals surface area contributed by atoms with Crippen molar-refractivity contribution in [3.05, 3.63) is 71.9 Å². The Morgan fingerprint density at radius 2 is 1.80 bits per heavy atom. The maximum atomic E-state index is 12.5. The highest BCUT2D eigenvalue weighted by atomic mass is 16.5. The second-order valence-electron chi connectivity index (χ2n) is 5.38. The average Bonchev–Trinajstić information content (AvgIpc) is 3.08. The molecule has 0 spiro atoms. The molecule has 6 nitrogen and oxygen atoms in total. The Labute approximate surface area is 146 Å². The number of ether oxygens (including phenoxy) is 2. The number of methoxy groups -OCH3 is 2. The molecule has 0 bridgehead atoms. The zero-order valence-electron chi connectivity index (χ0n) is 14.1. The van der Waals surface area contributed by atoms with Crippen molar-refractivity contribution in [3.8, 4) is 11.5 Å². The van der Waals surface area contributed by atoms with E-state index in [0.29, 0.717) is 23.7 Å². The number of carbonyl (C=O) groups is 1. The molecule has 1 aromatic heterocycles. The van der Waals surface area contributed by atoms with Crippen LogP contribution in [0.5, 0.6) is 11.5 Å². The highest BCUT2D eigenvalue weighted by molar-refractivity contribution is 6.05. The predicted molar refractivity (Wildman–Crippen MR) is 95.3 cm³/mol. The summed E-state index contributed by atoms with van der Waals surface area (Å²) in [6, 6.07) is 16.6. The number of rotatable bonds is 6. The summed E-state index contributed by atoms with van der Waals surface area (Å²) in [7, 11) is 3.17. The van der Waals surface area contributed by atoms with Crippen molar-refractivity contribution in [1.82, 2.24) is 9.78 Å². The minimum absolute atomic E-state index is 0.242. The molecule has 3 rings (SSSR count). The average molecular weight is 337 g/mol. The Morgan fingerprint density at radius 1 is 1.04 bits per heavy atom. The van der Waals surface area contributed by atoms with Crippen LogP contribution in [0, 0.1) is 0 Å². The molecular weight excluding hydrogens is 318 g/mol. The van der Waals surface area contributed by atoms with Crippen LogP contribution in [-0.2, 0) is 6.54 Å². The summed E-state index contributed by atoms with van der Waals surface area (Å²) in [5.74, 6) is 1.70.